The van der Waals surface area contributed by atoms with Crippen LogP contribution in [0.1, 0.15) is 31.9 Å². The summed E-state index contributed by atoms with van der Waals surface area (Å²) >= 11 is 0. The molecule has 1 amide bonds. The minimum Gasteiger partial charge on any atom is -0.497 e. The molecule has 10 heteroatoms. The van der Waals surface area contributed by atoms with E-state index < -0.39 is 42.8 Å². The molecule has 1 N–H and O–H groups in total. The van der Waals surface area contributed by atoms with Crippen LogP contribution >= 0.6 is 0 Å². The van der Waals surface area contributed by atoms with Crippen LogP contribution in [-0.4, -0.2) is 62.6 Å². The summed E-state index contributed by atoms with van der Waals surface area (Å²) in [6, 6.07) is 26.1. The van der Waals surface area contributed by atoms with Gasteiger partial charge in [0.05, 0.1) is 26.4 Å². The Balaban J connectivity index is 1.56. The first-order valence-corrected chi connectivity index (χ1v) is 14.2. The van der Waals surface area contributed by atoms with Gasteiger partial charge in [0.2, 0.25) is 0 Å². The lowest BCUT2D eigenvalue weighted by atomic mass is 9.98. The predicted octanol–water partition coefficient (Wildman–Crippen LogP) is 5.50. The van der Waals surface area contributed by atoms with Crippen LogP contribution < -0.4 is 10.1 Å². The highest BCUT2D eigenvalue weighted by atomic mass is 16.7. The molecule has 3 aromatic carbocycles. The Kier molecular flexibility index (Phi) is 11.9. The van der Waals surface area contributed by atoms with Crippen molar-refractivity contribution in [3.63, 3.8) is 0 Å². The largest absolute Gasteiger partial charge is 0.497 e. The van der Waals surface area contributed by atoms with Crippen molar-refractivity contribution in [3.05, 3.63) is 96.1 Å². The minimum absolute atomic E-state index is 0.217. The molecule has 1 saturated heterocycles. The maximum Gasteiger partial charge on any atom is 0.411 e. The summed E-state index contributed by atoms with van der Waals surface area (Å²) < 4.78 is 41.7. The highest BCUT2D eigenvalue weighted by Crippen LogP contribution is 2.31. The van der Waals surface area contributed by atoms with Gasteiger partial charge in [0.15, 0.2) is 12.4 Å². The molecular formula is C33H39NO9. The van der Waals surface area contributed by atoms with Crippen LogP contribution in [0.2, 0.25) is 0 Å². The number of anilines is 1. The maximum atomic E-state index is 12.7. The highest BCUT2D eigenvalue weighted by Gasteiger charge is 2.50. The topological polar surface area (TPSA) is 111 Å². The Morgan fingerprint density at radius 2 is 1.40 bits per heavy atom. The molecule has 4 rings (SSSR count). The third-order valence-electron chi connectivity index (χ3n) is 6.59. The van der Waals surface area contributed by atoms with Gasteiger partial charge < -0.3 is 33.2 Å². The van der Waals surface area contributed by atoms with Crippen molar-refractivity contribution in [3.8, 4) is 5.75 Å². The number of rotatable bonds is 13. The van der Waals surface area contributed by atoms with Gasteiger partial charge in [-0.25, -0.2) is 4.79 Å². The smallest absolute Gasteiger partial charge is 0.411 e. The third kappa shape index (κ3) is 9.79. The zero-order chi connectivity index (χ0) is 30.6. The zero-order valence-corrected chi connectivity index (χ0v) is 24.8. The van der Waals surface area contributed by atoms with Gasteiger partial charge in [-0.3, -0.25) is 10.1 Å². The average Bonchev–Trinajstić information content (AvgIpc) is 3.00. The minimum atomic E-state index is -0.970. The Bertz CT molecular complexity index is 1270. The van der Waals surface area contributed by atoms with Crippen LogP contribution in [0.25, 0.3) is 0 Å². The third-order valence-corrected chi connectivity index (χ3v) is 6.59. The molecule has 0 aromatic heterocycles. The quantitative estimate of drug-likeness (QED) is 0.257. The van der Waals surface area contributed by atoms with Gasteiger partial charge in [0, 0.05) is 12.6 Å². The van der Waals surface area contributed by atoms with E-state index in [4.69, 9.17) is 33.2 Å². The fourth-order valence-corrected chi connectivity index (χ4v) is 4.61. The molecule has 1 fully saturated rings. The van der Waals surface area contributed by atoms with Gasteiger partial charge in [-0.05, 0) is 49.2 Å². The monoisotopic (exact) mass is 593 g/mol. The van der Waals surface area contributed by atoms with Crippen LogP contribution in [0.3, 0.4) is 0 Å². The van der Waals surface area contributed by atoms with E-state index in [2.05, 4.69) is 5.32 Å². The standard InChI is InChI=1S/C33H39NO9/c1-22(2)41-32-31(39-20-25-13-9-6-10-14-25)30(38-19-24-11-7-5-8-12-24)29(42-23(3)35)28(43-32)21-40-33(36)34-26-15-17-27(37-4)18-16-26/h5-18,22,28-32H,19-21H2,1-4H3,(H,34,36)/t28-,29-,30+,31-,32+/m1/s1. The van der Waals surface area contributed by atoms with Crippen molar-refractivity contribution in [2.75, 3.05) is 19.0 Å². The first-order valence-electron chi connectivity index (χ1n) is 14.2. The summed E-state index contributed by atoms with van der Waals surface area (Å²) in [7, 11) is 1.56. The number of ether oxygens (including phenoxy) is 7. The number of esters is 1. The molecule has 1 heterocycles. The number of hydrogen-bond donors (Lipinski definition) is 1. The average molecular weight is 594 g/mol. The maximum absolute atomic E-state index is 12.7. The summed E-state index contributed by atoms with van der Waals surface area (Å²) in [5.41, 5.74) is 2.38. The second kappa shape index (κ2) is 16.0. The Morgan fingerprint density at radius 1 is 0.814 bits per heavy atom. The summed E-state index contributed by atoms with van der Waals surface area (Å²) in [6.07, 6.45) is -5.32. The summed E-state index contributed by atoms with van der Waals surface area (Å²) in [5, 5.41) is 2.67. The number of benzene rings is 3. The molecule has 5 atom stereocenters. The van der Waals surface area contributed by atoms with Gasteiger partial charge in [-0.1, -0.05) is 60.7 Å². The predicted molar refractivity (Wildman–Crippen MR) is 158 cm³/mol. The van der Waals surface area contributed by atoms with E-state index in [1.54, 1.807) is 31.4 Å². The molecule has 1 aliphatic rings. The molecule has 10 nitrogen and oxygen atoms in total. The van der Waals surface area contributed by atoms with Crippen molar-refractivity contribution in [1.82, 2.24) is 0 Å². The molecule has 230 valence electrons. The van der Waals surface area contributed by atoms with Crippen LogP contribution in [0, 0.1) is 0 Å². The first kappa shape index (κ1) is 32.0. The Labute approximate surface area is 252 Å². The molecule has 0 bridgehead atoms. The van der Waals surface area contributed by atoms with E-state index in [1.807, 2.05) is 74.5 Å². The fourth-order valence-electron chi connectivity index (χ4n) is 4.61. The summed E-state index contributed by atoms with van der Waals surface area (Å²) in [6.45, 7) is 5.28. The lowest BCUT2D eigenvalue weighted by molar-refractivity contribution is -0.327. The van der Waals surface area contributed by atoms with Crippen molar-refractivity contribution in [2.45, 2.75) is 70.8 Å². The van der Waals surface area contributed by atoms with Crippen molar-refractivity contribution in [1.29, 1.82) is 0 Å². The van der Waals surface area contributed by atoms with E-state index in [-0.39, 0.29) is 25.9 Å². The second-order valence-corrected chi connectivity index (χ2v) is 10.3. The number of carbonyl (C=O) groups is 2. The van der Waals surface area contributed by atoms with Crippen LogP contribution in [0.5, 0.6) is 5.75 Å². The number of amides is 1. The molecule has 0 saturated carbocycles. The van der Waals surface area contributed by atoms with Crippen molar-refractivity contribution >= 4 is 17.7 Å². The van der Waals surface area contributed by atoms with Crippen molar-refractivity contribution < 1.29 is 42.7 Å². The fraction of sp³-hybridized carbons (Fsp3) is 0.394. The molecule has 0 unspecified atom stereocenters. The van der Waals surface area contributed by atoms with Crippen LogP contribution in [0.4, 0.5) is 10.5 Å². The van der Waals surface area contributed by atoms with E-state index in [0.717, 1.165) is 11.1 Å². The molecular weight excluding hydrogens is 554 g/mol. The normalized spacial score (nSPS) is 21.7. The Hall–Kier alpha value is -3.96. The van der Waals surface area contributed by atoms with E-state index >= 15 is 0 Å². The molecule has 43 heavy (non-hydrogen) atoms. The van der Waals surface area contributed by atoms with E-state index in [1.165, 1.54) is 6.92 Å². The van der Waals surface area contributed by atoms with Gasteiger partial charge >= 0.3 is 12.1 Å². The van der Waals surface area contributed by atoms with Crippen molar-refractivity contribution in [2.24, 2.45) is 0 Å². The van der Waals surface area contributed by atoms with E-state index in [0.29, 0.717) is 11.4 Å². The van der Waals surface area contributed by atoms with Gasteiger partial charge in [0.25, 0.3) is 0 Å². The van der Waals surface area contributed by atoms with Crippen LogP contribution in [-0.2, 0) is 46.4 Å². The Morgan fingerprint density at radius 3 is 1.93 bits per heavy atom. The molecule has 0 aliphatic carbocycles. The number of methoxy groups -OCH3 is 1. The summed E-state index contributed by atoms with van der Waals surface area (Å²) in [4.78, 5) is 25.0. The lowest BCUT2D eigenvalue weighted by Crippen LogP contribution is -2.62. The molecule has 3 aromatic rings. The summed E-state index contributed by atoms with van der Waals surface area (Å²) in [5.74, 6) is 0.111. The van der Waals surface area contributed by atoms with Gasteiger partial charge in [-0.15, -0.1) is 0 Å². The highest BCUT2D eigenvalue weighted by molar-refractivity contribution is 5.84. The molecule has 1 aliphatic heterocycles. The number of carbonyl (C=O) groups excluding carboxylic acids is 2. The lowest BCUT2D eigenvalue weighted by Gasteiger charge is -2.45. The second-order valence-electron chi connectivity index (χ2n) is 10.3. The zero-order valence-electron chi connectivity index (χ0n) is 24.8. The van der Waals surface area contributed by atoms with E-state index in [9.17, 15) is 9.59 Å². The molecule has 0 spiro atoms. The molecule has 0 radical (unpaired) electrons. The number of hydrogen-bond acceptors (Lipinski definition) is 9. The SMILES string of the molecule is COc1ccc(NC(=O)OC[C@H]2O[C@H](OC(C)C)[C@H](OCc3ccccc3)[C@@H](OCc3ccccc3)[C@@H]2OC(C)=O)cc1. The van der Waals surface area contributed by atoms with Gasteiger partial charge in [-0.2, -0.15) is 0 Å². The first-order chi connectivity index (χ1) is 20.8. The number of nitrogens with one attached hydrogen (secondary N) is 1. The van der Waals surface area contributed by atoms with Gasteiger partial charge in [0.1, 0.15) is 30.7 Å². The van der Waals surface area contributed by atoms with Crippen LogP contribution in [0.15, 0.2) is 84.9 Å².